The van der Waals surface area contributed by atoms with Gasteiger partial charge in [0.25, 0.3) is 5.56 Å². The lowest BCUT2D eigenvalue weighted by molar-refractivity contribution is 0.280. The quantitative estimate of drug-likeness (QED) is 0.799. The molecular weight excluding hydrogens is 211 g/mol. The van der Waals surface area contributed by atoms with Crippen LogP contribution in [0.1, 0.15) is 11.3 Å². The predicted molar refractivity (Wildman–Crippen MR) is 57.0 cm³/mol. The molecule has 0 saturated carbocycles. The lowest BCUT2D eigenvalue weighted by atomic mass is 10.3. The summed E-state index contributed by atoms with van der Waals surface area (Å²) in [5.74, 6) is -0.490. The molecule has 0 aliphatic heterocycles. The fraction of sp³-hybridized carbons (Fsp3) is 0.182. The van der Waals surface area contributed by atoms with E-state index in [9.17, 15) is 9.18 Å². The highest BCUT2D eigenvalue weighted by Crippen LogP contribution is 2.11. The van der Waals surface area contributed by atoms with E-state index in [1.807, 2.05) is 0 Å². The van der Waals surface area contributed by atoms with Crippen molar-refractivity contribution in [1.29, 1.82) is 0 Å². The molecule has 0 fully saturated rings. The summed E-state index contributed by atoms with van der Waals surface area (Å²) in [6.45, 7) is 1.30. The number of para-hydroxylation sites is 1. The molecule has 1 aromatic heterocycles. The van der Waals surface area contributed by atoms with Gasteiger partial charge >= 0.3 is 0 Å². The average Bonchev–Trinajstić information content (AvgIpc) is 2.55. The molecule has 84 valence electrons. The Labute approximate surface area is 90.9 Å². The number of aromatic amines is 1. The highest BCUT2D eigenvalue weighted by Gasteiger charge is 2.13. The molecule has 1 heterocycles. The zero-order valence-corrected chi connectivity index (χ0v) is 8.70. The largest absolute Gasteiger partial charge is 0.391 e. The third-order valence-corrected chi connectivity index (χ3v) is 2.44. The molecule has 0 aliphatic rings. The summed E-state index contributed by atoms with van der Waals surface area (Å²) < 4.78 is 14.6. The second-order valence-electron chi connectivity index (χ2n) is 3.47. The van der Waals surface area contributed by atoms with Crippen molar-refractivity contribution in [3.63, 3.8) is 0 Å². The zero-order chi connectivity index (χ0) is 11.7. The highest BCUT2D eigenvalue weighted by molar-refractivity contribution is 5.34. The van der Waals surface area contributed by atoms with Gasteiger partial charge in [-0.05, 0) is 19.1 Å². The van der Waals surface area contributed by atoms with Crippen LogP contribution in [0.2, 0.25) is 0 Å². The third-order valence-electron chi connectivity index (χ3n) is 2.44. The number of hydrogen-bond donors (Lipinski definition) is 2. The van der Waals surface area contributed by atoms with Crippen molar-refractivity contribution < 1.29 is 9.50 Å². The molecule has 5 heteroatoms. The summed E-state index contributed by atoms with van der Waals surface area (Å²) in [6, 6.07) is 5.96. The summed E-state index contributed by atoms with van der Waals surface area (Å²) in [7, 11) is 0. The number of benzene rings is 1. The van der Waals surface area contributed by atoms with Crippen LogP contribution in [0.3, 0.4) is 0 Å². The van der Waals surface area contributed by atoms with Crippen LogP contribution >= 0.6 is 0 Å². The topological polar surface area (TPSA) is 58.0 Å². The van der Waals surface area contributed by atoms with Gasteiger partial charge in [0.2, 0.25) is 0 Å². The number of nitrogens with one attached hydrogen (secondary N) is 1. The van der Waals surface area contributed by atoms with Gasteiger partial charge < -0.3 is 5.11 Å². The first-order chi connectivity index (χ1) is 7.65. The highest BCUT2D eigenvalue weighted by atomic mass is 19.1. The predicted octanol–water partition coefficient (Wildman–Crippen LogP) is 1.11. The molecule has 0 bridgehead atoms. The maximum atomic E-state index is 13.5. The van der Waals surface area contributed by atoms with Gasteiger partial charge in [-0.2, -0.15) is 0 Å². The SMILES string of the molecule is Cc1[nH]n(-c2ccccc2F)c(=O)c1CO. The minimum absolute atomic E-state index is 0.148. The van der Waals surface area contributed by atoms with E-state index in [0.29, 0.717) is 5.69 Å². The van der Waals surface area contributed by atoms with Crippen LogP contribution in [-0.2, 0) is 6.61 Å². The van der Waals surface area contributed by atoms with Crippen molar-refractivity contribution in [3.8, 4) is 5.69 Å². The minimum Gasteiger partial charge on any atom is -0.391 e. The van der Waals surface area contributed by atoms with Gasteiger partial charge in [0.05, 0.1) is 12.2 Å². The van der Waals surface area contributed by atoms with Gasteiger partial charge in [0, 0.05) is 5.69 Å². The molecule has 0 radical (unpaired) electrons. The van der Waals surface area contributed by atoms with E-state index in [1.165, 1.54) is 12.1 Å². The van der Waals surface area contributed by atoms with E-state index in [1.54, 1.807) is 19.1 Å². The molecule has 0 amide bonds. The van der Waals surface area contributed by atoms with Gasteiger partial charge in [-0.3, -0.25) is 9.89 Å². The number of rotatable bonds is 2. The maximum Gasteiger partial charge on any atom is 0.277 e. The number of aromatic nitrogens is 2. The van der Waals surface area contributed by atoms with Gasteiger partial charge in [-0.15, -0.1) is 0 Å². The molecule has 0 atom stereocenters. The summed E-state index contributed by atoms with van der Waals surface area (Å²) >= 11 is 0. The van der Waals surface area contributed by atoms with Crippen molar-refractivity contribution in [3.05, 3.63) is 51.7 Å². The normalized spacial score (nSPS) is 10.7. The van der Waals surface area contributed by atoms with Crippen molar-refractivity contribution in [2.24, 2.45) is 0 Å². The first-order valence-corrected chi connectivity index (χ1v) is 4.81. The number of hydrogen-bond acceptors (Lipinski definition) is 2. The number of aryl methyl sites for hydroxylation is 1. The number of aliphatic hydroxyl groups is 1. The van der Waals surface area contributed by atoms with E-state index < -0.39 is 11.4 Å². The third kappa shape index (κ3) is 1.55. The fourth-order valence-corrected chi connectivity index (χ4v) is 1.57. The Bertz CT molecular complexity index is 572. The van der Waals surface area contributed by atoms with Crippen molar-refractivity contribution in [2.45, 2.75) is 13.5 Å². The van der Waals surface area contributed by atoms with Gasteiger partial charge in [-0.1, -0.05) is 12.1 Å². The molecule has 4 nitrogen and oxygen atoms in total. The Morgan fingerprint density at radius 3 is 2.69 bits per heavy atom. The van der Waals surface area contributed by atoms with Crippen LogP contribution in [0.4, 0.5) is 4.39 Å². The molecule has 0 saturated heterocycles. The smallest absolute Gasteiger partial charge is 0.277 e. The zero-order valence-electron chi connectivity index (χ0n) is 8.70. The molecule has 0 unspecified atom stereocenters. The van der Waals surface area contributed by atoms with Crippen molar-refractivity contribution >= 4 is 0 Å². The van der Waals surface area contributed by atoms with E-state index in [0.717, 1.165) is 4.68 Å². The Balaban J connectivity index is 2.67. The first-order valence-electron chi connectivity index (χ1n) is 4.81. The molecule has 2 rings (SSSR count). The second-order valence-corrected chi connectivity index (χ2v) is 3.47. The second kappa shape index (κ2) is 3.94. The van der Waals surface area contributed by atoms with E-state index in [4.69, 9.17) is 5.11 Å². The standard InChI is InChI=1S/C11H11FN2O2/c1-7-8(6-15)11(16)14(13-7)10-5-3-2-4-9(10)12/h2-5,13,15H,6H2,1H3. The Morgan fingerprint density at radius 2 is 2.12 bits per heavy atom. The van der Waals surface area contributed by atoms with Gasteiger partial charge in [-0.25, -0.2) is 9.07 Å². The molecule has 1 aromatic carbocycles. The van der Waals surface area contributed by atoms with Crippen LogP contribution in [0.25, 0.3) is 5.69 Å². The maximum absolute atomic E-state index is 13.5. The fourth-order valence-electron chi connectivity index (χ4n) is 1.57. The first kappa shape index (κ1) is 10.6. The van der Waals surface area contributed by atoms with Crippen LogP contribution in [0, 0.1) is 12.7 Å². The number of nitrogens with zero attached hydrogens (tertiary/aromatic N) is 1. The lowest BCUT2D eigenvalue weighted by Crippen LogP contribution is -2.18. The van der Waals surface area contributed by atoms with Gasteiger partial charge in [0.1, 0.15) is 11.5 Å². The summed E-state index contributed by atoms with van der Waals surface area (Å²) in [4.78, 5) is 11.8. The minimum atomic E-state index is -0.490. The lowest BCUT2D eigenvalue weighted by Gasteiger charge is -2.01. The molecule has 0 spiro atoms. The molecule has 2 aromatic rings. The Morgan fingerprint density at radius 1 is 1.44 bits per heavy atom. The summed E-state index contributed by atoms with van der Waals surface area (Å²) in [5, 5.41) is 11.7. The number of H-pyrrole nitrogens is 1. The Kier molecular flexibility index (Phi) is 2.62. The van der Waals surface area contributed by atoms with Crippen LogP contribution in [0.5, 0.6) is 0 Å². The molecule has 16 heavy (non-hydrogen) atoms. The number of halogens is 1. The molecule has 2 N–H and O–H groups in total. The van der Waals surface area contributed by atoms with Crippen molar-refractivity contribution in [2.75, 3.05) is 0 Å². The Hall–Kier alpha value is -1.88. The van der Waals surface area contributed by atoms with Crippen LogP contribution in [0.15, 0.2) is 29.1 Å². The van der Waals surface area contributed by atoms with Gasteiger partial charge in [0.15, 0.2) is 0 Å². The van der Waals surface area contributed by atoms with E-state index >= 15 is 0 Å². The monoisotopic (exact) mass is 222 g/mol. The van der Waals surface area contributed by atoms with E-state index in [-0.39, 0.29) is 17.9 Å². The summed E-state index contributed by atoms with van der Waals surface area (Å²) in [6.07, 6.45) is 0. The molecular formula is C11H11FN2O2. The average molecular weight is 222 g/mol. The molecule has 0 aliphatic carbocycles. The van der Waals surface area contributed by atoms with E-state index in [2.05, 4.69) is 5.10 Å². The number of aliphatic hydroxyl groups excluding tert-OH is 1. The van der Waals surface area contributed by atoms with Crippen LogP contribution < -0.4 is 5.56 Å². The summed E-state index contributed by atoms with van der Waals surface area (Å²) in [5.41, 5.74) is 0.513. The van der Waals surface area contributed by atoms with Crippen LogP contribution in [-0.4, -0.2) is 14.9 Å². The van der Waals surface area contributed by atoms with Crippen molar-refractivity contribution in [1.82, 2.24) is 9.78 Å².